The van der Waals surface area contributed by atoms with Gasteiger partial charge in [0, 0.05) is 12.6 Å². The molecule has 21 heavy (non-hydrogen) atoms. The molecule has 1 unspecified atom stereocenters. The van der Waals surface area contributed by atoms with Crippen LogP contribution in [-0.4, -0.2) is 31.1 Å². The van der Waals surface area contributed by atoms with E-state index in [9.17, 15) is 0 Å². The van der Waals surface area contributed by atoms with Gasteiger partial charge >= 0.3 is 0 Å². The van der Waals surface area contributed by atoms with Crippen molar-refractivity contribution < 1.29 is 0 Å². The third-order valence-corrected chi connectivity index (χ3v) is 4.41. The lowest BCUT2D eigenvalue weighted by Gasteiger charge is -2.27. The van der Waals surface area contributed by atoms with E-state index in [4.69, 9.17) is 0 Å². The molecule has 1 saturated heterocycles. The van der Waals surface area contributed by atoms with Gasteiger partial charge < -0.3 is 5.32 Å². The van der Waals surface area contributed by atoms with Gasteiger partial charge in [-0.1, -0.05) is 36.4 Å². The van der Waals surface area contributed by atoms with Gasteiger partial charge in [0.2, 0.25) is 0 Å². The SMILES string of the molecule is CN(Cc1ccc2ccccc2c1)C1CCCNCC1.Cl. The Balaban J connectivity index is 0.00000161. The van der Waals surface area contributed by atoms with Crippen molar-refractivity contribution in [1.82, 2.24) is 10.2 Å². The van der Waals surface area contributed by atoms with E-state index in [0.29, 0.717) is 0 Å². The molecular formula is C18H25ClN2. The number of nitrogens with one attached hydrogen (secondary N) is 1. The van der Waals surface area contributed by atoms with Crippen molar-refractivity contribution in [2.24, 2.45) is 0 Å². The second kappa shape index (κ2) is 7.79. The summed E-state index contributed by atoms with van der Waals surface area (Å²) >= 11 is 0. The molecule has 0 saturated carbocycles. The Morgan fingerprint density at radius 3 is 2.71 bits per heavy atom. The lowest BCUT2D eigenvalue weighted by molar-refractivity contribution is 0.216. The predicted molar refractivity (Wildman–Crippen MR) is 93.2 cm³/mol. The molecule has 1 atom stereocenters. The summed E-state index contributed by atoms with van der Waals surface area (Å²) in [4.78, 5) is 2.52. The van der Waals surface area contributed by atoms with Crippen LogP contribution in [0.3, 0.4) is 0 Å². The van der Waals surface area contributed by atoms with Gasteiger partial charge in [-0.05, 0) is 61.8 Å². The maximum absolute atomic E-state index is 3.49. The van der Waals surface area contributed by atoms with Crippen LogP contribution in [0, 0.1) is 0 Å². The molecular weight excluding hydrogens is 280 g/mol. The molecule has 1 aliphatic rings. The van der Waals surface area contributed by atoms with Crippen LogP contribution in [0.1, 0.15) is 24.8 Å². The normalized spacial score (nSPS) is 19.2. The Kier molecular flexibility index (Phi) is 6.04. The zero-order valence-electron chi connectivity index (χ0n) is 12.7. The van der Waals surface area contributed by atoms with Gasteiger partial charge in [0.15, 0.2) is 0 Å². The van der Waals surface area contributed by atoms with Crippen LogP contribution in [0.15, 0.2) is 42.5 Å². The van der Waals surface area contributed by atoms with E-state index in [0.717, 1.165) is 19.1 Å². The highest BCUT2D eigenvalue weighted by Crippen LogP contribution is 2.19. The summed E-state index contributed by atoms with van der Waals surface area (Å²) in [5.41, 5.74) is 1.42. The Morgan fingerprint density at radius 1 is 1.05 bits per heavy atom. The second-order valence-corrected chi connectivity index (χ2v) is 5.93. The fraction of sp³-hybridized carbons (Fsp3) is 0.444. The molecule has 0 aromatic heterocycles. The first-order valence-corrected chi connectivity index (χ1v) is 7.71. The van der Waals surface area contributed by atoms with E-state index in [1.165, 1.54) is 42.1 Å². The van der Waals surface area contributed by atoms with Crippen LogP contribution in [0.25, 0.3) is 10.8 Å². The fourth-order valence-electron chi connectivity index (χ4n) is 3.20. The monoisotopic (exact) mass is 304 g/mol. The standard InChI is InChI=1S/C18H24N2.ClH/c1-20(18-7-4-11-19-12-10-18)14-15-8-9-16-5-2-3-6-17(16)13-15;/h2-3,5-6,8-9,13,18-19H,4,7,10-12,14H2,1H3;1H. The summed E-state index contributed by atoms with van der Waals surface area (Å²) < 4.78 is 0. The summed E-state index contributed by atoms with van der Waals surface area (Å²) in [5.74, 6) is 0. The number of hydrogen-bond acceptors (Lipinski definition) is 2. The van der Waals surface area contributed by atoms with Crippen LogP contribution in [-0.2, 0) is 6.54 Å². The van der Waals surface area contributed by atoms with Crippen molar-refractivity contribution in [2.75, 3.05) is 20.1 Å². The minimum Gasteiger partial charge on any atom is -0.317 e. The summed E-state index contributed by atoms with van der Waals surface area (Å²) in [6, 6.07) is 16.2. The van der Waals surface area contributed by atoms with Crippen LogP contribution in [0.4, 0.5) is 0 Å². The van der Waals surface area contributed by atoms with Crippen molar-refractivity contribution in [3.05, 3.63) is 48.0 Å². The molecule has 0 amide bonds. The van der Waals surface area contributed by atoms with Crippen LogP contribution in [0.2, 0.25) is 0 Å². The summed E-state index contributed by atoms with van der Waals surface area (Å²) in [7, 11) is 2.27. The zero-order valence-corrected chi connectivity index (χ0v) is 13.5. The molecule has 114 valence electrons. The molecule has 1 heterocycles. The van der Waals surface area contributed by atoms with Crippen LogP contribution < -0.4 is 5.32 Å². The quantitative estimate of drug-likeness (QED) is 0.927. The number of fused-ring (bicyclic) bond motifs is 1. The number of halogens is 1. The first-order valence-electron chi connectivity index (χ1n) is 7.71. The Labute approximate surface area is 133 Å². The second-order valence-electron chi connectivity index (χ2n) is 5.93. The summed E-state index contributed by atoms with van der Waals surface area (Å²) in [6.07, 6.45) is 3.88. The van der Waals surface area contributed by atoms with Gasteiger partial charge in [-0.15, -0.1) is 12.4 Å². The minimum atomic E-state index is 0. The van der Waals surface area contributed by atoms with Crippen molar-refractivity contribution in [3.63, 3.8) is 0 Å². The number of hydrogen-bond donors (Lipinski definition) is 1. The predicted octanol–water partition coefficient (Wildman–Crippen LogP) is 3.84. The molecule has 0 bridgehead atoms. The molecule has 3 rings (SSSR count). The molecule has 3 heteroatoms. The Hall–Kier alpha value is -1.09. The third-order valence-electron chi connectivity index (χ3n) is 4.41. The Morgan fingerprint density at radius 2 is 1.86 bits per heavy atom. The summed E-state index contributed by atoms with van der Waals surface area (Å²) in [5, 5.41) is 6.17. The molecule has 2 aromatic rings. The van der Waals surface area contributed by atoms with Gasteiger partial charge in [0.25, 0.3) is 0 Å². The molecule has 1 aliphatic heterocycles. The van der Waals surface area contributed by atoms with Gasteiger partial charge in [0.1, 0.15) is 0 Å². The topological polar surface area (TPSA) is 15.3 Å². The number of benzene rings is 2. The maximum Gasteiger partial charge on any atom is 0.0233 e. The van der Waals surface area contributed by atoms with Crippen LogP contribution >= 0.6 is 12.4 Å². The van der Waals surface area contributed by atoms with E-state index in [1.807, 2.05) is 0 Å². The van der Waals surface area contributed by atoms with Gasteiger partial charge in [0.05, 0.1) is 0 Å². The van der Waals surface area contributed by atoms with Crippen molar-refractivity contribution in [1.29, 1.82) is 0 Å². The van der Waals surface area contributed by atoms with E-state index in [-0.39, 0.29) is 12.4 Å². The Bertz CT molecular complexity index is 562. The molecule has 2 nitrogen and oxygen atoms in total. The lowest BCUT2D eigenvalue weighted by Crippen LogP contribution is -2.31. The smallest absolute Gasteiger partial charge is 0.0233 e. The van der Waals surface area contributed by atoms with Gasteiger partial charge in [-0.3, -0.25) is 4.90 Å². The van der Waals surface area contributed by atoms with Crippen molar-refractivity contribution >= 4 is 23.2 Å². The summed E-state index contributed by atoms with van der Waals surface area (Å²) in [6.45, 7) is 3.39. The van der Waals surface area contributed by atoms with E-state index in [2.05, 4.69) is 59.7 Å². The molecule has 1 N–H and O–H groups in total. The number of rotatable bonds is 3. The van der Waals surface area contributed by atoms with Gasteiger partial charge in [-0.25, -0.2) is 0 Å². The highest BCUT2D eigenvalue weighted by Gasteiger charge is 2.16. The largest absolute Gasteiger partial charge is 0.317 e. The fourth-order valence-corrected chi connectivity index (χ4v) is 3.20. The third kappa shape index (κ3) is 4.19. The first-order chi connectivity index (χ1) is 9.83. The minimum absolute atomic E-state index is 0. The number of nitrogens with zero attached hydrogens (tertiary/aromatic N) is 1. The van der Waals surface area contributed by atoms with Crippen molar-refractivity contribution in [2.45, 2.75) is 31.8 Å². The maximum atomic E-state index is 3.49. The van der Waals surface area contributed by atoms with Crippen LogP contribution in [0.5, 0.6) is 0 Å². The molecule has 1 fully saturated rings. The average molecular weight is 305 g/mol. The first kappa shape index (κ1) is 16.3. The van der Waals surface area contributed by atoms with E-state index < -0.39 is 0 Å². The van der Waals surface area contributed by atoms with Gasteiger partial charge in [-0.2, -0.15) is 0 Å². The molecule has 0 aliphatic carbocycles. The molecule has 2 aromatic carbocycles. The lowest BCUT2D eigenvalue weighted by atomic mass is 10.0. The molecule has 0 radical (unpaired) electrons. The average Bonchev–Trinajstić information content (AvgIpc) is 2.76. The zero-order chi connectivity index (χ0) is 13.8. The van der Waals surface area contributed by atoms with Crippen molar-refractivity contribution in [3.8, 4) is 0 Å². The van der Waals surface area contributed by atoms with E-state index in [1.54, 1.807) is 0 Å². The highest BCUT2D eigenvalue weighted by atomic mass is 35.5. The van der Waals surface area contributed by atoms with E-state index >= 15 is 0 Å². The molecule has 0 spiro atoms. The highest BCUT2D eigenvalue weighted by molar-refractivity contribution is 5.85.